The molecule has 0 aromatic carbocycles. The molecule has 3 heterocycles. The van der Waals surface area contributed by atoms with Gasteiger partial charge in [0.1, 0.15) is 12.1 Å². The summed E-state index contributed by atoms with van der Waals surface area (Å²) < 4.78 is 0. The van der Waals surface area contributed by atoms with Crippen molar-refractivity contribution < 1.29 is 0 Å². The molecule has 0 aliphatic rings. The minimum Gasteiger partial charge on any atom is -0.351 e. The molecule has 1 atom stereocenters. The van der Waals surface area contributed by atoms with Crippen molar-refractivity contribution in [1.82, 2.24) is 25.1 Å². The molecule has 21 heavy (non-hydrogen) atoms. The van der Waals surface area contributed by atoms with Crippen molar-refractivity contribution >= 4 is 28.2 Å². The Bertz CT molecular complexity index is 762. The van der Waals surface area contributed by atoms with Crippen molar-refractivity contribution in [1.29, 1.82) is 0 Å². The number of anilines is 1. The maximum atomic E-state index is 4.62. The van der Waals surface area contributed by atoms with Crippen LogP contribution in [0, 0.1) is 6.92 Å². The molecule has 3 aromatic rings. The highest BCUT2D eigenvalue weighted by Gasteiger charge is 2.21. The number of fused-ring (bicyclic) bond motifs is 1. The van der Waals surface area contributed by atoms with Crippen molar-refractivity contribution in [2.75, 3.05) is 11.9 Å². The van der Waals surface area contributed by atoms with E-state index in [9.17, 15) is 0 Å². The predicted molar refractivity (Wildman–Crippen MR) is 84.7 cm³/mol. The number of aromatic nitrogens is 5. The number of nitrogens with zero attached hydrogens (tertiary/aromatic N) is 5. The number of hydrogen-bond acceptors (Lipinski definition) is 6. The Kier molecular flexibility index (Phi) is 3.59. The molecule has 0 fully saturated rings. The Balaban J connectivity index is 1.99. The maximum absolute atomic E-state index is 4.62. The Morgan fingerprint density at radius 2 is 2.19 bits per heavy atom. The monoisotopic (exact) mass is 302 g/mol. The van der Waals surface area contributed by atoms with E-state index in [1.54, 1.807) is 23.9 Å². The van der Waals surface area contributed by atoms with Crippen LogP contribution in [0.1, 0.15) is 35.5 Å². The molecule has 3 aromatic heterocycles. The fourth-order valence-electron chi connectivity index (χ4n) is 2.40. The summed E-state index contributed by atoms with van der Waals surface area (Å²) in [6.07, 6.45) is 4.31. The van der Waals surface area contributed by atoms with Crippen LogP contribution in [0.15, 0.2) is 12.5 Å². The molecule has 0 spiro atoms. The summed E-state index contributed by atoms with van der Waals surface area (Å²) in [5, 5.41) is 9.04. The van der Waals surface area contributed by atoms with Crippen LogP contribution >= 0.6 is 11.3 Å². The first-order valence-electron chi connectivity index (χ1n) is 6.95. The minimum atomic E-state index is 0.204. The van der Waals surface area contributed by atoms with Crippen LogP contribution < -0.4 is 4.90 Å². The highest BCUT2D eigenvalue weighted by molar-refractivity contribution is 7.11. The lowest BCUT2D eigenvalue weighted by Gasteiger charge is -2.25. The average Bonchev–Trinajstić information content (AvgIpc) is 3.11. The second-order valence-corrected chi connectivity index (χ2v) is 6.14. The molecule has 110 valence electrons. The van der Waals surface area contributed by atoms with Crippen LogP contribution in [0.5, 0.6) is 0 Å². The lowest BCUT2D eigenvalue weighted by Crippen LogP contribution is -2.22. The first kappa shape index (κ1) is 13.9. The Hall–Kier alpha value is -2.02. The zero-order valence-electron chi connectivity index (χ0n) is 12.6. The number of aromatic amines is 1. The molecule has 6 nitrogen and oxygen atoms in total. The first-order chi connectivity index (χ1) is 10.1. The van der Waals surface area contributed by atoms with Gasteiger partial charge in [0, 0.05) is 11.9 Å². The molecule has 0 radical (unpaired) electrons. The van der Waals surface area contributed by atoms with E-state index in [-0.39, 0.29) is 6.04 Å². The molecule has 0 amide bonds. The van der Waals surface area contributed by atoms with Gasteiger partial charge in [-0.05, 0) is 20.3 Å². The van der Waals surface area contributed by atoms with Crippen LogP contribution in [0.2, 0.25) is 0 Å². The van der Waals surface area contributed by atoms with E-state index in [4.69, 9.17) is 0 Å². The maximum Gasteiger partial charge on any atom is 0.160 e. The van der Waals surface area contributed by atoms with Gasteiger partial charge in [0.15, 0.2) is 5.65 Å². The van der Waals surface area contributed by atoms with Crippen LogP contribution in [-0.2, 0) is 6.42 Å². The van der Waals surface area contributed by atoms with Crippen LogP contribution in [-0.4, -0.2) is 32.2 Å². The summed E-state index contributed by atoms with van der Waals surface area (Å²) in [5.41, 5.74) is 1.86. The Morgan fingerprint density at radius 1 is 1.38 bits per heavy atom. The van der Waals surface area contributed by atoms with E-state index in [1.165, 1.54) is 9.88 Å². The summed E-state index contributed by atoms with van der Waals surface area (Å²) in [5.74, 6) is 0.882. The molecule has 3 rings (SSSR count). The van der Waals surface area contributed by atoms with Gasteiger partial charge in [0.05, 0.1) is 28.3 Å². The second-order valence-electron chi connectivity index (χ2n) is 5.03. The fraction of sp³-hybridized carbons (Fsp3) is 0.429. The fourth-order valence-corrected chi connectivity index (χ4v) is 3.50. The third-order valence-electron chi connectivity index (χ3n) is 3.70. The van der Waals surface area contributed by atoms with E-state index in [1.807, 2.05) is 7.05 Å². The van der Waals surface area contributed by atoms with Crippen molar-refractivity contribution in [3.63, 3.8) is 0 Å². The molecule has 0 unspecified atom stereocenters. The largest absolute Gasteiger partial charge is 0.351 e. The van der Waals surface area contributed by atoms with Gasteiger partial charge in [0.2, 0.25) is 0 Å². The number of rotatable bonds is 4. The van der Waals surface area contributed by atoms with Gasteiger partial charge < -0.3 is 4.90 Å². The number of thiazole rings is 1. The van der Waals surface area contributed by atoms with E-state index in [2.05, 4.69) is 50.8 Å². The van der Waals surface area contributed by atoms with Crippen molar-refractivity contribution in [2.45, 2.75) is 33.2 Å². The van der Waals surface area contributed by atoms with Crippen LogP contribution in [0.4, 0.5) is 5.82 Å². The van der Waals surface area contributed by atoms with E-state index < -0.39 is 0 Å². The quantitative estimate of drug-likeness (QED) is 0.802. The molecule has 1 N–H and O–H groups in total. The van der Waals surface area contributed by atoms with Crippen LogP contribution in [0.25, 0.3) is 11.0 Å². The molecule has 0 aliphatic heterocycles. The summed E-state index contributed by atoms with van der Waals surface area (Å²) in [7, 11) is 2.05. The number of nitrogens with one attached hydrogen (secondary N) is 1. The van der Waals surface area contributed by atoms with Gasteiger partial charge in [-0.25, -0.2) is 15.0 Å². The van der Waals surface area contributed by atoms with Gasteiger partial charge in [-0.2, -0.15) is 5.10 Å². The normalized spacial score (nSPS) is 12.8. The van der Waals surface area contributed by atoms with Crippen molar-refractivity contribution in [3.8, 4) is 0 Å². The van der Waals surface area contributed by atoms with E-state index in [0.717, 1.165) is 29.0 Å². The average molecular weight is 302 g/mol. The lowest BCUT2D eigenvalue weighted by atomic mass is 10.2. The smallest absolute Gasteiger partial charge is 0.160 e. The minimum absolute atomic E-state index is 0.204. The van der Waals surface area contributed by atoms with E-state index in [0.29, 0.717) is 0 Å². The van der Waals surface area contributed by atoms with Crippen molar-refractivity contribution in [2.24, 2.45) is 0 Å². The lowest BCUT2D eigenvalue weighted by molar-refractivity contribution is 0.737. The zero-order chi connectivity index (χ0) is 15.0. The number of hydrogen-bond donors (Lipinski definition) is 1. The molecule has 7 heteroatoms. The molecular formula is C14H18N6S. The van der Waals surface area contributed by atoms with Gasteiger partial charge in [0.25, 0.3) is 0 Å². The zero-order valence-corrected chi connectivity index (χ0v) is 13.4. The molecule has 0 aliphatic carbocycles. The number of H-pyrrole nitrogens is 1. The van der Waals surface area contributed by atoms with Gasteiger partial charge in [-0.3, -0.25) is 5.10 Å². The summed E-state index contributed by atoms with van der Waals surface area (Å²) >= 11 is 1.78. The summed E-state index contributed by atoms with van der Waals surface area (Å²) in [6.45, 7) is 6.38. The third-order valence-corrected chi connectivity index (χ3v) is 5.17. The van der Waals surface area contributed by atoms with Crippen molar-refractivity contribution in [3.05, 3.63) is 28.1 Å². The Morgan fingerprint density at radius 3 is 2.90 bits per heavy atom. The third kappa shape index (κ3) is 2.37. The molecular weight excluding hydrogens is 284 g/mol. The molecule has 0 saturated heterocycles. The standard InChI is InChI=1S/C14H18N6S/c1-5-11-18-8(2)12(21-11)9(3)20(4)14-10-6-17-19-13(10)15-7-16-14/h6-7,9H,5H2,1-4H3,(H,15,16,17,19)/t9-/m0/s1. The first-order valence-corrected chi connectivity index (χ1v) is 7.76. The predicted octanol–water partition coefficient (Wildman–Crippen LogP) is 2.88. The topological polar surface area (TPSA) is 70.6 Å². The summed E-state index contributed by atoms with van der Waals surface area (Å²) in [4.78, 5) is 16.7. The van der Waals surface area contributed by atoms with Gasteiger partial charge in [-0.15, -0.1) is 11.3 Å². The highest BCUT2D eigenvalue weighted by Crippen LogP contribution is 2.33. The van der Waals surface area contributed by atoms with Gasteiger partial charge >= 0.3 is 0 Å². The van der Waals surface area contributed by atoms with E-state index >= 15 is 0 Å². The molecule has 0 bridgehead atoms. The molecule has 0 saturated carbocycles. The SMILES string of the molecule is CCc1nc(C)c([C@H](C)N(C)c2ncnc3[nH]ncc23)s1. The van der Waals surface area contributed by atoms with Gasteiger partial charge in [-0.1, -0.05) is 6.92 Å². The highest BCUT2D eigenvalue weighted by atomic mass is 32.1. The van der Waals surface area contributed by atoms with Crippen LogP contribution in [0.3, 0.4) is 0 Å². The Labute approximate surface area is 127 Å². The summed E-state index contributed by atoms with van der Waals surface area (Å²) in [6, 6.07) is 0.204. The number of aryl methyl sites for hydroxylation is 2. The second kappa shape index (κ2) is 5.40.